The van der Waals surface area contributed by atoms with E-state index in [4.69, 9.17) is 4.74 Å². The minimum atomic E-state index is -0.136. The number of unbranched alkanes of at least 4 members (excludes halogenated alkanes) is 2. The largest absolute Gasteiger partial charge is 0.477 e. The maximum atomic E-state index is 14.6. The fourth-order valence-corrected chi connectivity index (χ4v) is 3.97. The van der Waals surface area contributed by atoms with E-state index in [0.29, 0.717) is 18.2 Å². The lowest BCUT2D eigenvalue weighted by atomic mass is 9.80. The van der Waals surface area contributed by atoms with Crippen molar-refractivity contribution in [2.45, 2.75) is 71.6 Å². The molecule has 1 fully saturated rings. The molecule has 28 heavy (non-hydrogen) atoms. The number of ether oxygens (including phenoxy) is 1. The molecule has 1 aliphatic carbocycles. The Morgan fingerprint density at radius 1 is 1.04 bits per heavy atom. The molecule has 0 saturated heterocycles. The smallest absolute Gasteiger partial charge is 0.233 e. The molecule has 1 saturated carbocycles. The Balaban J connectivity index is 1.54. The molecule has 0 atom stereocenters. The average molecular weight is 385 g/mol. The van der Waals surface area contributed by atoms with Crippen LogP contribution >= 0.6 is 0 Å². The molecular weight excluding hydrogens is 351 g/mol. The number of aryl methyl sites for hydroxylation is 1. The number of aromatic nitrogens is 2. The van der Waals surface area contributed by atoms with E-state index >= 15 is 0 Å². The van der Waals surface area contributed by atoms with E-state index in [0.717, 1.165) is 55.1 Å². The maximum absolute atomic E-state index is 14.6. The number of benzene rings is 1. The van der Waals surface area contributed by atoms with Gasteiger partial charge in [0.2, 0.25) is 5.88 Å². The first kappa shape index (κ1) is 20.8. The molecule has 0 bridgehead atoms. The molecule has 0 radical (unpaired) electrons. The zero-order chi connectivity index (χ0) is 19.8. The molecule has 0 amide bonds. The third-order valence-corrected chi connectivity index (χ3v) is 5.94. The summed E-state index contributed by atoms with van der Waals surface area (Å²) in [6, 6.07) is 9.11. The fraction of sp³-hybridized carbons (Fsp3) is 0.583. The van der Waals surface area contributed by atoms with Crippen molar-refractivity contribution in [3.63, 3.8) is 0 Å². The summed E-state index contributed by atoms with van der Waals surface area (Å²) in [4.78, 5) is 0. The van der Waals surface area contributed by atoms with Crippen LogP contribution in [0.2, 0.25) is 0 Å². The third kappa shape index (κ3) is 6.02. The lowest BCUT2D eigenvalue weighted by molar-refractivity contribution is 0.277. The number of halogens is 1. The highest BCUT2D eigenvalue weighted by atomic mass is 19.1. The molecule has 4 heteroatoms. The highest BCUT2D eigenvalue weighted by Gasteiger charge is 2.18. The molecule has 3 rings (SSSR count). The minimum Gasteiger partial charge on any atom is -0.477 e. The van der Waals surface area contributed by atoms with Crippen LogP contribution in [0.15, 0.2) is 30.3 Å². The molecule has 152 valence electrons. The van der Waals surface area contributed by atoms with Gasteiger partial charge in [-0.3, -0.25) is 0 Å². The normalized spacial score (nSPS) is 19.5. The Morgan fingerprint density at radius 3 is 2.54 bits per heavy atom. The van der Waals surface area contributed by atoms with Gasteiger partial charge in [-0.05, 0) is 48.8 Å². The Morgan fingerprint density at radius 2 is 1.86 bits per heavy atom. The van der Waals surface area contributed by atoms with Gasteiger partial charge in [0.15, 0.2) is 0 Å². The van der Waals surface area contributed by atoms with E-state index in [-0.39, 0.29) is 5.82 Å². The van der Waals surface area contributed by atoms with E-state index in [1.54, 1.807) is 6.07 Å². The summed E-state index contributed by atoms with van der Waals surface area (Å²) in [6.45, 7) is 5.16. The van der Waals surface area contributed by atoms with Gasteiger partial charge in [-0.2, -0.15) is 0 Å². The van der Waals surface area contributed by atoms with Crippen LogP contribution in [0.25, 0.3) is 11.3 Å². The Labute approximate surface area is 168 Å². The van der Waals surface area contributed by atoms with Crippen molar-refractivity contribution in [1.82, 2.24) is 10.2 Å². The van der Waals surface area contributed by atoms with Crippen LogP contribution in [0.3, 0.4) is 0 Å². The van der Waals surface area contributed by atoms with Crippen molar-refractivity contribution in [3.8, 4) is 17.1 Å². The van der Waals surface area contributed by atoms with Gasteiger partial charge in [0.1, 0.15) is 5.82 Å². The van der Waals surface area contributed by atoms with Crippen molar-refractivity contribution in [3.05, 3.63) is 41.7 Å². The van der Waals surface area contributed by atoms with E-state index in [1.165, 1.54) is 25.7 Å². The second-order valence-corrected chi connectivity index (χ2v) is 8.28. The quantitative estimate of drug-likeness (QED) is 0.456. The first-order valence-electron chi connectivity index (χ1n) is 10.9. The van der Waals surface area contributed by atoms with Gasteiger partial charge in [0.05, 0.1) is 12.3 Å². The van der Waals surface area contributed by atoms with Crippen molar-refractivity contribution < 1.29 is 9.13 Å². The molecule has 0 spiro atoms. The predicted molar refractivity (Wildman–Crippen MR) is 112 cm³/mol. The first-order chi connectivity index (χ1) is 13.7. The van der Waals surface area contributed by atoms with Crippen LogP contribution in [0.5, 0.6) is 5.88 Å². The van der Waals surface area contributed by atoms with Gasteiger partial charge in [0, 0.05) is 11.6 Å². The van der Waals surface area contributed by atoms with Crippen LogP contribution in [0.4, 0.5) is 4.39 Å². The van der Waals surface area contributed by atoms with Crippen molar-refractivity contribution in [1.29, 1.82) is 0 Å². The van der Waals surface area contributed by atoms with Crippen LogP contribution in [-0.2, 0) is 6.42 Å². The minimum absolute atomic E-state index is 0.136. The monoisotopic (exact) mass is 384 g/mol. The SMILES string of the molecule is CCCCCOc1ccc(-c2ccc(CCC3CCC(C)CC3)c(F)c2)nn1. The fourth-order valence-electron chi connectivity index (χ4n) is 3.97. The highest BCUT2D eigenvalue weighted by Crippen LogP contribution is 2.31. The summed E-state index contributed by atoms with van der Waals surface area (Å²) in [5, 5.41) is 8.32. The summed E-state index contributed by atoms with van der Waals surface area (Å²) in [7, 11) is 0. The summed E-state index contributed by atoms with van der Waals surface area (Å²) in [5.41, 5.74) is 2.25. The standard InChI is InChI=1S/C24H33FN2O/c1-3-4-5-16-28-24-15-14-23(26-27-24)21-13-12-20(22(25)17-21)11-10-19-8-6-18(2)7-9-19/h12-15,17-19H,3-11,16H2,1-2H3. The average Bonchev–Trinajstić information content (AvgIpc) is 2.72. The molecular formula is C24H33FN2O. The maximum Gasteiger partial charge on any atom is 0.233 e. The van der Waals surface area contributed by atoms with Gasteiger partial charge in [-0.15, -0.1) is 10.2 Å². The van der Waals surface area contributed by atoms with Gasteiger partial charge < -0.3 is 4.74 Å². The van der Waals surface area contributed by atoms with Crippen molar-refractivity contribution in [2.75, 3.05) is 6.61 Å². The van der Waals surface area contributed by atoms with Crippen LogP contribution in [0.1, 0.15) is 70.8 Å². The van der Waals surface area contributed by atoms with E-state index in [2.05, 4.69) is 24.0 Å². The van der Waals surface area contributed by atoms with Crippen LogP contribution < -0.4 is 4.74 Å². The molecule has 0 N–H and O–H groups in total. The summed E-state index contributed by atoms with van der Waals surface area (Å²) in [6.07, 6.45) is 10.5. The predicted octanol–water partition coefficient (Wildman–Crippen LogP) is 6.61. The zero-order valence-corrected chi connectivity index (χ0v) is 17.3. The van der Waals surface area contributed by atoms with Crippen molar-refractivity contribution in [2.24, 2.45) is 11.8 Å². The van der Waals surface area contributed by atoms with E-state index in [9.17, 15) is 4.39 Å². The van der Waals surface area contributed by atoms with Crippen molar-refractivity contribution >= 4 is 0 Å². The second-order valence-electron chi connectivity index (χ2n) is 8.28. The molecule has 0 unspecified atom stereocenters. The zero-order valence-electron chi connectivity index (χ0n) is 17.3. The Hall–Kier alpha value is -1.97. The second kappa shape index (κ2) is 10.5. The molecule has 0 aliphatic heterocycles. The summed E-state index contributed by atoms with van der Waals surface area (Å²) in [5.74, 6) is 2.01. The molecule has 2 aromatic rings. The first-order valence-corrected chi connectivity index (χ1v) is 10.9. The van der Waals surface area contributed by atoms with E-state index < -0.39 is 0 Å². The number of rotatable bonds is 9. The molecule has 1 heterocycles. The number of nitrogens with zero attached hydrogens (tertiary/aromatic N) is 2. The van der Waals surface area contributed by atoms with Gasteiger partial charge in [-0.1, -0.05) is 64.5 Å². The van der Waals surface area contributed by atoms with Gasteiger partial charge in [-0.25, -0.2) is 4.39 Å². The number of hydrogen-bond donors (Lipinski definition) is 0. The molecule has 1 aromatic heterocycles. The molecule has 3 nitrogen and oxygen atoms in total. The van der Waals surface area contributed by atoms with Crippen LogP contribution in [-0.4, -0.2) is 16.8 Å². The van der Waals surface area contributed by atoms with Gasteiger partial charge in [0.25, 0.3) is 0 Å². The summed E-state index contributed by atoms with van der Waals surface area (Å²) >= 11 is 0. The highest BCUT2D eigenvalue weighted by molar-refractivity contribution is 5.59. The summed E-state index contributed by atoms with van der Waals surface area (Å²) < 4.78 is 20.2. The van der Waals surface area contributed by atoms with E-state index in [1.807, 2.05) is 24.3 Å². The lowest BCUT2D eigenvalue weighted by Crippen LogP contribution is -2.13. The molecule has 1 aromatic carbocycles. The Bertz CT molecular complexity index is 724. The topological polar surface area (TPSA) is 35.0 Å². The molecule has 1 aliphatic rings. The Kier molecular flexibility index (Phi) is 7.81. The lowest BCUT2D eigenvalue weighted by Gasteiger charge is -2.26. The third-order valence-electron chi connectivity index (χ3n) is 5.94. The van der Waals surface area contributed by atoms with Crippen LogP contribution in [0, 0.1) is 17.7 Å². The number of hydrogen-bond acceptors (Lipinski definition) is 3. The van der Waals surface area contributed by atoms with Gasteiger partial charge >= 0.3 is 0 Å².